The van der Waals surface area contributed by atoms with Crippen molar-refractivity contribution in [2.45, 2.75) is 70.5 Å². The van der Waals surface area contributed by atoms with Crippen molar-refractivity contribution in [1.29, 1.82) is 0 Å². The van der Waals surface area contributed by atoms with Crippen LogP contribution in [0.3, 0.4) is 0 Å². The van der Waals surface area contributed by atoms with Gasteiger partial charge in [0.25, 0.3) is 0 Å². The normalized spacial score (nSPS) is 12.2. The van der Waals surface area contributed by atoms with Crippen LogP contribution in [0.2, 0.25) is 0 Å². The van der Waals surface area contributed by atoms with Gasteiger partial charge in [-0.3, -0.25) is 0 Å². The van der Waals surface area contributed by atoms with Gasteiger partial charge in [0, 0.05) is 12.7 Å². The van der Waals surface area contributed by atoms with E-state index in [9.17, 15) is 10.2 Å². The van der Waals surface area contributed by atoms with Crippen molar-refractivity contribution < 1.29 is 14.9 Å². The van der Waals surface area contributed by atoms with E-state index < -0.39 is 6.10 Å². The third-order valence-electron chi connectivity index (χ3n) is 5.42. The van der Waals surface area contributed by atoms with Crippen LogP contribution in [0.1, 0.15) is 73.3 Å². The minimum absolute atomic E-state index is 0.214. The van der Waals surface area contributed by atoms with Crippen LogP contribution in [-0.4, -0.2) is 23.9 Å². The highest BCUT2D eigenvalue weighted by atomic mass is 16.5. The summed E-state index contributed by atoms with van der Waals surface area (Å²) >= 11 is 0. The van der Waals surface area contributed by atoms with Crippen LogP contribution in [0.4, 0.5) is 0 Å². The number of phenols is 1. The second-order valence-corrected chi connectivity index (χ2v) is 7.85. The molecule has 0 aliphatic heterocycles. The van der Waals surface area contributed by atoms with Gasteiger partial charge in [-0.25, -0.2) is 0 Å². The third kappa shape index (κ3) is 8.57. The smallest absolute Gasteiger partial charge is 0.121 e. The van der Waals surface area contributed by atoms with Gasteiger partial charge < -0.3 is 20.7 Å². The van der Waals surface area contributed by atoms with Crippen LogP contribution in [-0.2, 0) is 24.2 Å². The van der Waals surface area contributed by atoms with Crippen molar-refractivity contribution in [2.75, 3.05) is 13.7 Å². The van der Waals surface area contributed by atoms with E-state index in [1.807, 2.05) is 6.07 Å². The second-order valence-electron chi connectivity index (χ2n) is 7.85. The largest absolute Gasteiger partial charge is 0.508 e. The highest BCUT2D eigenvalue weighted by Gasteiger charge is 2.10. The molecule has 160 valence electrons. The molecule has 0 heterocycles. The van der Waals surface area contributed by atoms with Crippen molar-refractivity contribution in [3.05, 3.63) is 64.7 Å². The van der Waals surface area contributed by atoms with Gasteiger partial charge in [-0.05, 0) is 73.9 Å². The van der Waals surface area contributed by atoms with Crippen LogP contribution < -0.4 is 5.73 Å². The highest BCUT2D eigenvalue weighted by molar-refractivity contribution is 5.36. The molecule has 2 aromatic rings. The average molecular weight is 400 g/mol. The van der Waals surface area contributed by atoms with Crippen LogP contribution in [0.5, 0.6) is 5.75 Å². The molecule has 4 N–H and O–H groups in total. The summed E-state index contributed by atoms with van der Waals surface area (Å²) < 4.78 is 5.09. The SMILES string of the molecule is COCc1cc([C@@H](O)CCCCCCc2ccc(CCCCN)cc2)ccc1O. The fourth-order valence-corrected chi connectivity index (χ4v) is 3.62. The summed E-state index contributed by atoms with van der Waals surface area (Å²) in [5.41, 5.74) is 9.92. The molecular weight excluding hydrogens is 362 g/mol. The molecule has 29 heavy (non-hydrogen) atoms. The van der Waals surface area contributed by atoms with E-state index in [0.717, 1.165) is 56.2 Å². The van der Waals surface area contributed by atoms with Crippen molar-refractivity contribution in [3.8, 4) is 5.75 Å². The third-order valence-corrected chi connectivity index (χ3v) is 5.42. The Kier molecular flexibility index (Phi) is 10.8. The summed E-state index contributed by atoms with van der Waals surface area (Å²) in [6, 6.07) is 14.3. The summed E-state index contributed by atoms with van der Waals surface area (Å²) in [6.07, 6.45) is 9.23. The number of aromatic hydroxyl groups is 1. The molecule has 0 aromatic heterocycles. The van der Waals surface area contributed by atoms with Gasteiger partial charge in [-0.15, -0.1) is 0 Å². The number of unbranched alkanes of at least 4 members (excludes halogenated alkanes) is 4. The minimum Gasteiger partial charge on any atom is -0.508 e. The zero-order valence-corrected chi connectivity index (χ0v) is 17.8. The first-order chi connectivity index (χ1) is 14.1. The predicted octanol–water partition coefficient (Wildman–Crippen LogP) is 5.05. The van der Waals surface area contributed by atoms with E-state index in [2.05, 4.69) is 24.3 Å². The number of rotatable bonds is 14. The standard InChI is InChI=1S/C25H37NO3/c1-29-19-23-18-22(15-16-25(23)28)24(27)10-5-3-2-4-8-20-11-13-21(14-12-20)9-6-7-17-26/h11-16,18,24,27-28H,2-10,17,19,26H2,1H3/t24-/m0/s1. The fraction of sp³-hybridized carbons (Fsp3) is 0.520. The zero-order chi connectivity index (χ0) is 20.9. The van der Waals surface area contributed by atoms with Gasteiger partial charge in [0.15, 0.2) is 0 Å². The van der Waals surface area contributed by atoms with Gasteiger partial charge in [0.05, 0.1) is 12.7 Å². The topological polar surface area (TPSA) is 75.7 Å². The van der Waals surface area contributed by atoms with Gasteiger partial charge in [-0.2, -0.15) is 0 Å². The quantitative estimate of drug-likeness (QED) is 0.389. The maximum atomic E-state index is 10.4. The molecule has 2 rings (SSSR count). The molecule has 0 fully saturated rings. The Bertz CT molecular complexity index is 700. The average Bonchev–Trinajstić information content (AvgIpc) is 2.73. The Labute approximate surface area is 175 Å². The van der Waals surface area contributed by atoms with E-state index in [4.69, 9.17) is 10.5 Å². The van der Waals surface area contributed by atoms with E-state index in [1.165, 1.54) is 30.4 Å². The molecule has 0 bridgehead atoms. The number of aliphatic hydroxyl groups is 1. The van der Waals surface area contributed by atoms with Gasteiger partial charge in [0.1, 0.15) is 5.75 Å². The number of hydrogen-bond donors (Lipinski definition) is 3. The number of aliphatic hydroxyl groups excluding tert-OH is 1. The number of nitrogens with two attached hydrogens (primary N) is 1. The van der Waals surface area contributed by atoms with E-state index in [0.29, 0.717) is 6.61 Å². The van der Waals surface area contributed by atoms with E-state index in [1.54, 1.807) is 19.2 Å². The van der Waals surface area contributed by atoms with Gasteiger partial charge >= 0.3 is 0 Å². The Balaban J connectivity index is 1.62. The van der Waals surface area contributed by atoms with Crippen molar-refractivity contribution >= 4 is 0 Å². The van der Waals surface area contributed by atoms with Gasteiger partial charge in [0.2, 0.25) is 0 Å². The summed E-state index contributed by atoms with van der Waals surface area (Å²) in [4.78, 5) is 0. The Morgan fingerprint density at radius 3 is 2.10 bits per heavy atom. The molecular formula is C25H37NO3. The molecule has 0 saturated heterocycles. The number of benzene rings is 2. The summed E-state index contributed by atoms with van der Waals surface area (Å²) in [5.74, 6) is 0.214. The molecule has 0 radical (unpaired) electrons. The lowest BCUT2D eigenvalue weighted by Crippen LogP contribution is -2.00. The summed E-state index contributed by atoms with van der Waals surface area (Å²) in [5, 5.41) is 20.2. The Hall–Kier alpha value is -1.88. The van der Waals surface area contributed by atoms with Crippen LogP contribution in [0, 0.1) is 0 Å². The van der Waals surface area contributed by atoms with E-state index >= 15 is 0 Å². The van der Waals surface area contributed by atoms with Crippen molar-refractivity contribution in [3.63, 3.8) is 0 Å². The first-order valence-electron chi connectivity index (χ1n) is 10.9. The van der Waals surface area contributed by atoms with E-state index in [-0.39, 0.29) is 5.75 Å². The zero-order valence-electron chi connectivity index (χ0n) is 17.8. The molecule has 0 amide bonds. The number of methoxy groups -OCH3 is 1. The number of phenolic OH excluding ortho intramolecular Hbond substituents is 1. The maximum Gasteiger partial charge on any atom is 0.121 e. The predicted molar refractivity (Wildman–Crippen MR) is 119 cm³/mol. The molecule has 0 spiro atoms. The number of aryl methyl sites for hydroxylation is 2. The van der Waals surface area contributed by atoms with Crippen molar-refractivity contribution in [1.82, 2.24) is 0 Å². The van der Waals surface area contributed by atoms with Crippen molar-refractivity contribution in [2.24, 2.45) is 5.73 Å². The first-order valence-corrected chi connectivity index (χ1v) is 10.9. The molecule has 0 aliphatic carbocycles. The molecule has 4 nitrogen and oxygen atoms in total. The Morgan fingerprint density at radius 1 is 0.862 bits per heavy atom. The fourth-order valence-electron chi connectivity index (χ4n) is 3.62. The van der Waals surface area contributed by atoms with Gasteiger partial charge in [-0.1, -0.05) is 49.6 Å². The first kappa shape index (κ1) is 23.4. The Morgan fingerprint density at radius 2 is 1.48 bits per heavy atom. The molecule has 4 heteroatoms. The highest BCUT2D eigenvalue weighted by Crippen LogP contribution is 2.26. The molecule has 0 aliphatic rings. The second kappa shape index (κ2) is 13.4. The van der Waals surface area contributed by atoms with Crippen LogP contribution in [0.15, 0.2) is 42.5 Å². The monoisotopic (exact) mass is 399 g/mol. The lowest BCUT2D eigenvalue weighted by Gasteiger charge is -2.13. The lowest BCUT2D eigenvalue weighted by atomic mass is 9.99. The number of hydrogen-bond acceptors (Lipinski definition) is 4. The molecule has 1 atom stereocenters. The van der Waals surface area contributed by atoms with Crippen LogP contribution >= 0.6 is 0 Å². The number of ether oxygens (including phenoxy) is 1. The summed E-state index contributed by atoms with van der Waals surface area (Å²) in [7, 11) is 1.60. The maximum absolute atomic E-state index is 10.4. The molecule has 2 aromatic carbocycles. The molecule has 0 unspecified atom stereocenters. The summed E-state index contributed by atoms with van der Waals surface area (Å²) in [6.45, 7) is 1.12. The molecule has 0 saturated carbocycles. The van der Waals surface area contributed by atoms with Crippen LogP contribution in [0.25, 0.3) is 0 Å². The minimum atomic E-state index is -0.488. The lowest BCUT2D eigenvalue weighted by molar-refractivity contribution is 0.161.